The molecule has 0 unspecified atom stereocenters. The zero-order valence-corrected chi connectivity index (χ0v) is 17.3. The Morgan fingerprint density at radius 2 is 2.04 bits per heavy atom. The molecule has 4 heterocycles. The summed E-state index contributed by atoms with van der Waals surface area (Å²) in [5.41, 5.74) is 4.33. The maximum atomic E-state index is 5.44. The molecule has 0 aliphatic carbocycles. The summed E-state index contributed by atoms with van der Waals surface area (Å²) in [5, 5.41) is 4.82. The van der Waals surface area contributed by atoms with Gasteiger partial charge in [0.25, 0.3) is 0 Å². The van der Waals surface area contributed by atoms with Gasteiger partial charge in [0.2, 0.25) is 0 Å². The monoisotopic (exact) mass is 450 g/mol. The maximum Gasteiger partial charge on any atom is 0.165 e. The molecule has 1 aromatic carbocycles. The summed E-state index contributed by atoms with van der Waals surface area (Å²) < 4.78 is 10.6. The summed E-state index contributed by atoms with van der Waals surface area (Å²) in [7, 11) is 0. The minimum absolute atomic E-state index is 0. The summed E-state index contributed by atoms with van der Waals surface area (Å²) in [4.78, 5) is 11.7. The third kappa shape index (κ3) is 3.31. The van der Waals surface area contributed by atoms with Crippen LogP contribution >= 0.6 is 28.3 Å². The van der Waals surface area contributed by atoms with Crippen molar-refractivity contribution in [2.45, 2.75) is 20.0 Å². The molecule has 0 bridgehead atoms. The number of halogens is 2. The number of morpholine rings is 1. The zero-order chi connectivity index (χ0) is 17.7. The molecule has 142 valence electrons. The van der Waals surface area contributed by atoms with Crippen molar-refractivity contribution in [1.82, 2.24) is 29.2 Å². The number of hydrogen-bond acceptors (Lipinski definition) is 5. The molecule has 0 amide bonds. The van der Waals surface area contributed by atoms with E-state index in [1.807, 2.05) is 17.9 Å². The summed E-state index contributed by atoms with van der Waals surface area (Å²) in [6, 6.07) is 6.27. The van der Waals surface area contributed by atoms with Gasteiger partial charge in [-0.15, -0.1) is 12.4 Å². The Morgan fingerprint density at radius 1 is 1.22 bits per heavy atom. The highest BCUT2D eigenvalue weighted by Crippen LogP contribution is 2.33. The lowest BCUT2D eigenvalue weighted by Gasteiger charge is -2.25. The van der Waals surface area contributed by atoms with Gasteiger partial charge < -0.3 is 9.30 Å². The highest BCUT2D eigenvalue weighted by molar-refractivity contribution is 9.10. The Bertz CT molecular complexity index is 978. The van der Waals surface area contributed by atoms with Crippen LogP contribution in [0.2, 0.25) is 0 Å². The van der Waals surface area contributed by atoms with Gasteiger partial charge in [0.15, 0.2) is 11.6 Å². The summed E-state index contributed by atoms with van der Waals surface area (Å²) >= 11 is 3.59. The number of fused-ring (bicyclic) bond motifs is 5. The van der Waals surface area contributed by atoms with Crippen LogP contribution in [0.1, 0.15) is 17.2 Å². The van der Waals surface area contributed by atoms with Crippen LogP contribution < -0.4 is 0 Å². The standard InChI is InChI=1S/C18H19BrN6O.ClH/c1-12-16-9-25-18(21-17(22-25)10-23-4-6-26-7-5-23)14-8-13(19)2-3-15(14)24(16)11-20-12;/h2-3,8,11H,4-7,9-10H2,1H3;1H. The van der Waals surface area contributed by atoms with Crippen molar-refractivity contribution < 1.29 is 4.74 Å². The fourth-order valence-electron chi connectivity index (χ4n) is 3.63. The van der Waals surface area contributed by atoms with Gasteiger partial charge in [0.05, 0.1) is 49.7 Å². The Balaban J connectivity index is 0.00000180. The van der Waals surface area contributed by atoms with Crippen LogP contribution in [-0.4, -0.2) is 55.5 Å². The zero-order valence-electron chi connectivity index (χ0n) is 14.9. The third-order valence-corrected chi connectivity index (χ3v) is 5.51. The maximum absolute atomic E-state index is 5.44. The first-order chi connectivity index (χ1) is 12.7. The SMILES string of the molecule is Cc1ncn2c1Cn1nc(CN3CCOCC3)nc1-c1cc(Br)ccc1-2.Cl. The number of ether oxygens (including phenoxy) is 1. The number of aryl methyl sites for hydroxylation is 1. The molecule has 1 fully saturated rings. The van der Waals surface area contributed by atoms with E-state index in [0.29, 0.717) is 6.54 Å². The lowest BCUT2D eigenvalue weighted by Crippen LogP contribution is -2.36. The summed E-state index contributed by atoms with van der Waals surface area (Å²) in [6.45, 7) is 6.88. The largest absolute Gasteiger partial charge is 0.379 e. The highest BCUT2D eigenvalue weighted by Gasteiger charge is 2.25. The molecule has 27 heavy (non-hydrogen) atoms. The average molecular weight is 452 g/mol. The average Bonchev–Trinajstić information content (AvgIpc) is 3.17. The number of imidazole rings is 1. The van der Waals surface area contributed by atoms with Gasteiger partial charge in [-0.25, -0.2) is 14.6 Å². The normalized spacial score (nSPS) is 16.1. The Labute approximate surface area is 171 Å². The second-order valence-electron chi connectivity index (χ2n) is 6.71. The van der Waals surface area contributed by atoms with E-state index in [9.17, 15) is 0 Å². The topological polar surface area (TPSA) is 61.0 Å². The van der Waals surface area contributed by atoms with Crippen molar-refractivity contribution in [1.29, 1.82) is 0 Å². The minimum Gasteiger partial charge on any atom is -0.379 e. The number of benzene rings is 1. The number of rotatable bonds is 2. The molecular weight excluding hydrogens is 432 g/mol. The fraction of sp³-hybridized carbons (Fsp3) is 0.389. The van der Waals surface area contributed by atoms with E-state index in [4.69, 9.17) is 14.8 Å². The summed E-state index contributed by atoms with van der Waals surface area (Å²) in [6.07, 6.45) is 1.89. The van der Waals surface area contributed by atoms with Crippen molar-refractivity contribution >= 4 is 28.3 Å². The fourth-order valence-corrected chi connectivity index (χ4v) is 3.99. The van der Waals surface area contributed by atoms with Crippen LogP contribution in [0.3, 0.4) is 0 Å². The van der Waals surface area contributed by atoms with Gasteiger partial charge in [-0.3, -0.25) is 4.90 Å². The predicted molar refractivity (Wildman–Crippen MR) is 107 cm³/mol. The highest BCUT2D eigenvalue weighted by atomic mass is 79.9. The quantitative estimate of drug-likeness (QED) is 0.469. The molecule has 0 atom stereocenters. The van der Waals surface area contributed by atoms with Gasteiger partial charge in [-0.1, -0.05) is 15.9 Å². The van der Waals surface area contributed by atoms with E-state index < -0.39 is 0 Å². The number of aromatic nitrogens is 5. The van der Waals surface area contributed by atoms with Gasteiger partial charge in [0, 0.05) is 23.1 Å². The molecule has 2 aliphatic heterocycles. The Morgan fingerprint density at radius 3 is 2.85 bits per heavy atom. The van der Waals surface area contributed by atoms with Crippen LogP contribution in [0, 0.1) is 6.92 Å². The van der Waals surface area contributed by atoms with Crippen LogP contribution in [0.15, 0.2) is 29.0 Å². The molecule has 0 spiro atoms. The van der Waals surface area contributed by atoms with Crippen LogP contribution in [-0.2, 0) is 17.8 Å². The van der Waals surface area contributed by atoms with Crippen molar-refractivity contribution in [2.75, 3.05) is 26.3 Å². The molecule has 3 aromatic rings. The molecule has 0 saturated carbocycles. The second kappa shape index (κ2) is 7.35. The minimum atomic E-state index is 0. The van der Waals surface area contributed by atoms with Crippen molar-refractivity contribution in [3.05, 3.63) is 46.2 Å². The van der Waals surface area contributed by atoms with Gasteiger partial charge in [-0.05, 0) is 25.1 Å². The van der Waals surface area contributed by atoms with Crippen molar-refractivity contribution in [2.24, 2.45) is 0 Å². The van der Waals surface area contributed by atoms with Gasteiger partial charge in [-0.2, -0.15) is 5.10 Å². The van der Waals surface area contributed by atoms with E-state index in [1.165, 1.54) is 0 Å². The first-order valence-corrected chi connectivity index (χ1v) is 9.55. The van der Waals surface area contributed by atoms with Crippen molar-refractivity contribution in [3.63, 3.8) is 0 Å². The van der Waals surface area contributed by atoms with E-state index in [2.05, 4.69) is 48.6 Å². The third-order valence-electron chi connectivity index (χ3n) is 5.02. The van der Waals surface area contributed by atoms with E-state index in [0.717, 1.165) is 71.6 Å². The first-order valence-electron chi connectivity index (χ1n) is 8.76. The van der Waals surface area contributed by atoms with Gasteiger partial charge >= 0.3 is 0 Å². The van der Waals surface area contributed by atoms with Crippen LogP contribution in [0.25, 0.3) is 17.1 Å². The van der Waals surface area contributed by atoms with E-state index >= 15 is 0 Å². The lowest BCUT2D eigenvalue weighted by molar-refractivity contribution is 0.0330. The van der Waals surface area contributed by atoms with E-state index in [-0.39, 0.29) is 12.4 Å². The summed E-state index contributed by atoms with van der Waals surface area (Å²) in [5.74, 6) is 1.77. The van der Waals surface area contributed by atoms with E-state index in [1.54, 1.807) is 0 Å². The van der Waals surface area contributed by atoms with Crippen LogP contribution in [0.5, 0.6) is 0 Å². The second-order valence-corrected chi connectivity index (χ2v) is 7.62. The molecule has 2 aromatic heterocycles. The molecule has 5 rings (SSSR count). The number of nitrogens with zero attached hydrogens (tertiary/aromatic N) is 6. The van der Waals surface area contributed by atoms with Gasteiger partial charge in [0.1, 0.15) is 0 Å². The molecule has 0 radical (unpaired) electrons. The molecule has 0 N–H and O–H groups in total. The molecule has 7 nitrogen and oxygen atoms in total. The first kappa shape index (κ1) is 18.6. The lowest BCUT2D eigenvalue weighted by atomic mass is 10.1. The smallest absolute Gasteiger partial charge is 0.165 e. The van der Waals surface area contributed by atoms with Crippen LogP contribution in [0.4, 0.5) is 0 Å². The Kier molecular flexibility index (Phi) is 5.07. The predicted octanol–water partition coefficient (Wildman–Crippen LogP) is 2.82. The molecular formula is C18H20BrClN6O. The van der Waals surface area contributed by atoms with Crippen molar-refractivity contribution in [3.8, 4) is 17.1 Å². The molecule has 9 heteroatoms. The Hall–Kier alpha value is -1.74. The number of hydrogen-bond donors (Lipinski definition) is 0. The molecule has 2 aliphatic rings. The molecule has 1 saturated heterocycles.